The van der Waals surface area contributed by atoms with Crippen molar-refractivity contribution in [1.29, 1.82) is 0 Å². The van der Waals surface area contributed by atoms with Crippen molar-refractivity contribution >= 4 is 11.9 Å². The highest BCUT2D eigenvalue weighted by Crippen LogP contribution is 2.39. The van der Waals surface area contributed by atoms with Crippen LogP contribution in [0.5, 0.6) is 11.5 Å². The lowest BCUT2D eigenvalue weighted by molar-refractivity contribution is -0.265. The summed E-state index contributed by atoms with van der Waals surface area (Å²) in [4.78, 5) is 23.5. The third kappa shape index (κ3) is 3.04. The van der Waals surface area contributed by atoms with Gasteiger partial charge in [0.15, 0.2) is 6.10 Å². The van der Waals surface area contributed by atoms with E-state index < -0.39 is 23.8 Å². The summed E-state index contributed by atoms with van der Waals surface area (Å²) >= 11 is 0. The number of carbonyl (C=O) groups is 2. The summed E-state index contributed by atoms with van der Waals surface area (Å²) in [5.74, 6) is -2.95. The van der Waals surface area contributed by atoms with Gasteiger partial charge in [0.2, 0.25) is 0 Å². The summed E-state index contributed by atoms with van der Waals surface area (Å²) < 4.78 is 16.7. The molecule has 134 valence electrons. The zero-order chi connectivity index (χ0) is 17.4. The van der Waals surface area contributed by atoms with Gasteiger partial charge >= 0.3 is 17.7 Å². The zero-order valence-corrected chi connectivity index (χ0v) is 13.8. The predicted molar refractivity (Wildman–Crippen MR) is 86.0 cm³/mol. The number of benzene rings is 1. The van der Waals surface area contributed by atoms with E-state index in [4.69, 9.17) is 14.2 Å². The standard InChI is InChI=1S/C18H21NO6/c20-13-7-6-11-8-15-18(24-14(11)9-13,25-17(22)16(21)23-15)10-19-12-4-2-1-3-5-12/h6-7,9,12,15,19-20H,1-5,8,10H2. The molecule has 2 fully saturated rings. The van der Waals surface area contributed by atoms with Gasteiger partial charge in [-0.25, -0.2) is 9.59 Å². The van der Waals surface area contributed by atoms with E-state index in [1.807, 2.05) is 0 Å². The molecule has 2 atom stereocenters. The molecule has 0 spiro atoms. The number of nitrogens with one attached hydrogen (secondary N) is 1. The van der Waals surface area contributed by atoms with Crippen molar-refractivity contribution < 1.29 is 28.9 Å². The minimum absolute atomic E-state index is 0.0618. The van der Waals surface area contributed by atoms with Crippen molar-refractivity contribution in [3.05, 3.63) is 23.8 Å². The van der Waals surface area contributed by atoms with E-state index in [1.54, 1.807) is 12.1 Å². The molecule has 1 saturated carbocycles. The van der Waals surface area contributed by atoms with Gasteiger partial charge in [0, 0.05) is 18.5 Å². The normalized spacial score (nSPS) is 29.0. The maximum absolute atomic E-state index is 11.8. The van der Waals surface area contributed by atoms with Crippen molar-refractivity contribution in [1.82, 2.24) is 5.32 Å². The van der Waals surface area contributed by atoms with E-state index in [0.29, 0.717) is 18.2 Å². The average molecular weight is 347 g/mol. The molecule has 2 N–H and O–H groups in total. The number of rotatable bonds is 3. The molecule has 1 aliphatic carbocycles. The summed E-state index contributed by atoms with van der Waals surface area (Å²) in [5.41, 5.74) is 0.793. The van der Waals surface area contributed by atoms with Crippen LogP contribution in [0.1, 0.15) is 37.7 Å². The fourth-order valence-electron chi connectivity index (χ4n) is 3.79. The van der Waals surface area contributed by atoms with E-state index in [9.17, 15) is 14.7 Å². The fourth-order valence-corrected chi connectivity index (χ4v) is 3.79. The molecule has 0 aromatic heterocycles. The molecule has 2 unspecified atom stereocenters. The van der Waals surface area contributed by atoms with Gasteiger partial charge in [-0.05, 0) is 24.5 Å². The molecule has 7 heteroatoms. The van der Waals surface area contributed by atoms with Gasteiger partial charge in [0.25, 0.3) is 0 Å². The van der Waals surface area contributed by atoms with E-state index in [1.165, 1.54) is 25.3 Å². The Morgan fingerprint density at radius 3 is 2.72 bits per heavy atom. The summed E-state index contributed by atoms with van der Waals surface area (Å²) in [6.45, 7) is 0.233. The van der Waals surface area contributed by atoms with Crippen LogP contribution in [-0.2, 0) is 25.5 Å². The Kier molecular flexibility index (Phi) is 4.03. The Bertz CT molecular complexity index is 699. The van der Waals surface area contributed by atoms with E-state index >= 15 is 0 Å². The summed E-state index contributed by atoms with van der Waals surface area (Å²) in [6, 6.07) is 5.08. The highest BCUT2D eigenvalue weighted by molar-refractivity contribution is 6.30. The minimum atomic E-state index is -1.40. The van der Waals surface area contributed by atoms with Crippen LogP contribution in [0.2, 0.25) is 0 Å². The number of phenols is 1. The Balaban J connectivity index is 1.60. The first-order valence-corrected chi connectivity index (χ1v) is 8.74. The topological polar surface area (TPSA) is 94.1 Å². The van der Waals surface area contributed by atoms with E-state index in [2.05, 4.69) is 5.32 Å². The molecule has 1 aromatic carbocycles. The first kappa shape index (κ1) is 16.2. The molecule has 7 nitrogen and oxygen atoms in total. The van der Waals surface area contributed by atoms with Crippen LogP contribution in [0, 0.1) is 0 Å². The van der Waals surface area contributed by atoms with Crippen molar-refractivity contribution in [2.45, 2.75) is 56.5 Å². The maximum Gasteiger partial charge on any atom is 0.420 e. The number of hydrogen-bond acceptors (Lipinski definition) is 7. The molecule has 0 amide bonds. The Morgan fingerprint density at radius 2 is 1.92 bits per heavy atom. The SMILES string of the molecule is O=C1OC2Cc3ccc(O)cc3OC2(CNC2CCCCC2)OC1=O. The van der Waals surface area contributed by atoms with Crippen LogP contribution >= 0.6 is 0 Å². The van der Waals surface area contributed by atoms with Crippen molar-refractivity contribution in [3.8, 4) is 11.5 Å². The van der Waals surface area contributed by atoms with E-state index in [0.717, 1.165) is 18.4 Å². The largest absolute Gasteiger partial charge is 0.508 e. The number of aromatic hydroxyl groups is 1. The van der Waals surface area contributed by atoms with Crippen LogP contribution in [0.25, 0.3) is 0 Å². The van der Waals surface area contributed by atoms with Crippen molar-refractivity contribution in [3.63, 3.8) is 0 Å². The lowest BCUT2D eigenvalue weighted by Gasteiger charge is -2.45. The lowest BCUT2D eigenvalue weighted by atomic mass is 9.93. The second kappa shape index (κ2) is 6.22. The van der Waals surface area contributed by atoms with Crippen molar-refractivity contribution in [2.24, 2.45) is 0 Å². The molecule has 4 rings (SSSR count). The number of phenolic OH excluding ortho intramolecular Hbond substituents is 1. The van der Waals surface area contributed by atoms with Crippen LogP contribution in [-0.4, -0.2) is 41.5 Å². The molecule has 2 heterocycles. The quantitative estimate of drug-likeness (QED) is 0.631. The third-order valence-corrected chi connectivity index (χ3v) is 5.15. The van der Waals surface area contributed by atoms with Gasteiger partial charge in [0.05, 0.1) is 6.54 Å². The average Bonchev–Trinajstić information content (AvgIpc) is 2.61. The molecule has 0 radical (unpaired) electrons. The van der Waals surface area contributed by atoms with Gasteiger partial charge in [-0.15, -0.1) is 0 Å². The molecule has 25 heavy (non-hydrogen) atoms. The highest BCUT2D eigenvalue weighted by atomic mass is 16.8. The number of fused-ring (bicyclic) bond motifs is 2. The Morgan fingerprint density at radius 1 is 1.12 bits per heavy atom. The second-order valence-corrected chi connectivity index (χ2v) is 6.91. The van der Waals surface area contributed by atoms with Crippen LogP contribution in [0.3, 0.4) is 0 Å². The predicted octanol–water partition coefficient (Wildman–Crippen LogP) is 1.41. The molecule has 1 saturated heterocycles. The van der Waals surface area contributed by atoms with Gasteiger partial charge < -0.3 is 24.6 Å². The van der Waals surface area contributed by atoms with Gasteiger partial charge in [0.1, 0.15) is 11.5 Å². The highest BCUT2D eigenvalue weighted by Gasteiger charge is 2.56. The Hall–Kier alpha value is -2.28. The Labute approximate surface area is 145 Å². The second-order valence-electron chi connectivity index (χ2n) is 6.91. The maximum atomic E-state index is 11.8. The minimum Gasteiger partial charge on any atom is -0.508 e. The molecule has 0 bridgehead atoms. The number of hydrogen-bond donors (Lipinski definition) is 2. The van der Waals surface area contributed by atoms with Crippen molar-refractivity contribution in [2.75, 3.05) is 6.54 Å². The third-order valence-electron chi connectivity index (χ3n) is 5.15. The number of esters is 2. The van der Waals surface area contributed by atoms with E-state index in [-0.39, 0.29) is 12.3 Å². The first-order chi connectivity index (χ1) is 12.1. The van der Waals surface area contributed by atoms with Gasteiger partial charge in [-0.2, -0.15) is 0 Å². The van der Waals surface area contributed by atoms with Crippen LogP contribution in [0.15, 0.2) is 18.2 Å². The summed E-state index contributed by atoms with van der Waals surface area (Å²) in [6.07, 6.45) is 5.34. The summed E-state index contributed by atoms with van der Waals surface area (Å²) in [7, 11) is 0. The summed E-state index contributed by atoms with van der Waals surface area (Å²) in [5, 5.41) is 13.1. The zero-order valence-electron chi connectivity index (χ0n) is 13.8. The molecular weight excluding hydrogens is 326 g/mol. The molecule has 1 aromatic rings. The van der Waals surface area contributed by atoms with Crippen LogP contribution < -0.4 is 10.1 Å². The molecular formula is C18H21NO6. The van der Waals surface area contributed by atoms with Gasteiger partial charge in [-0.1, -0.05) is 25.3 Å². The monoisotopic (exact) mass is 347 g/mol. The fraction of sp³-hybridized carbons (Fsp3) is 0.556. The lowest BCUT2D eigenvalue weighted by Crippen LogP contribution is -2.65. The number of ether oxygens (including phenoxy) is 3. The number of carbonyl (C=O) groups excluding carboxylic acids is 2. The first-order valence-electron chi connectivity index (χ1n) is 8.74. The smallest absolute Gasteiger partial charge is 0.420 e. The van der Waals surface area contributed by atoms with Crippen LogP contribution in [0.4, 0.5) is 0 Å². The molecule has 2 aliphatic heterocycles. The van der Waals surface area contributed by atoms with Gasteiger partial charge in [-0.3, -0.25) is 0 Å². The molecule has 3 aliphatic rings.